The van der Waals surface area contributed by atoms with Crippen molar-refractivity contribution >= 4 is 11.6 Å². The van der Waals surface area contributed by atoms with E-state index in [1.54, 1.807) is 0 Å². The highest BCUT2D eigenvalue weighted by Gasteiger charge is 2.62. The number of Topliss-reactive ketones (excluding diaryl/α,β-unsaturated/α-hetero) is 2. The molecule has 9 atom stereocenters. The predicted octanol–water partition coefficient (Wildman–Crippen LogP) is 6.14. The predicted molar refractivity (Wildman–Crippen MR) is 124 cm³/mol. The van der Waals surface area contributed by atoms with E-state index >= 15 is 0 Å². The van der Waals surface area contributed by atoms with Crippen molar-refractivity contribution in [1.82, 2.24) is 0 Å². The van der Waals surface area contributed by atoms with E-state index in [4.69, 9.17) is 0 Å². The fourth-order valence-corrected chi connectivity index (χ4v) is 8.33. The Labute approximate surface area is 189 Å². The number of aliphatic hydroxyl groups is 1. The van der Waals surface area contributed by atoms with Gasteiger partial charge in [0.1, 0.15) is 11.6 Å². The highest BCUT2D eigenvalue weighted by Crippen LogP contribution is 2.66. The van der Waals surface area contributed by atoms with Crippen molar-refractivity contribution in [2.24, 2.45) is 46.3 Å². The minimum absolute atomic E-state index is 0.0282. The van der Waals surface area contributed by atoms with Crippen LogP contribution in [0.3, 0.4) is 0 Å². The average molecular weight is 429 g/mol. The van der Waals surface area contributed by atoms with Crippen LogP contribution in [0.5, 0.6) is 0 Å². The number of hydrogen-bond donors (Lipinski definition) is 1. The number of carbonyl (C=O) groups excluding carboxylic acids is 2. The lowest BCUT2D eigenvalue weighted by Crippen LogP contribution is -2.51. The fourth-order valence-electron chi connectivity index (χ4n) is 8.33. The highest BCUT2D eigenvalue weighted by molar-refractivity contribution is 5.92. The maximum absolute atomic E-state index is 13.4. The smallest absolute Gasteiger partial charge is 0.137 e. The lowest BCUT2D eigenvalue weighted by molar-refractivity contribution is -0.134. The Balaban J connectivity index is 1.54. The van der Waals surface area contributed by atoms with Gasteiger partial charge >= 0.3 is 0 Å². The third-order valence-electron chi connectivity index (χ3n) is 10.6. The first-order valence-corrected chi connectivity index (χ1v) is 13.0. The zero-order valence-corrected chi connectivity index (χ0v) is 20.5. The molecule has 3 heteroatoms. The third-order valence-corrected chi connectivity index (χ3v) is 10.6. The maximum atomic E-state index is 13.4. The first kappa shape index (κ1) is 23.2. The van der Waals surface area contributed by atoms with Crippen molar-refractivity contribution in [3.8, 4) is 0 Å². The Bertz CT molecular complexity index is 753. The minimum atomic E-state index is -0.176. The number of fused-ring (bicyclic) bond motifs is 5. The van der Waals surface area contributed by atoms with Gasteiger partial charge in [0.05, 0.1) is 6.10 Å². The topological polar surface area (TPSA) is 54.4 Å². The van der Waals surface area contributed by atoms with Crippen molar-refractivity contribution in [3.63, 3.8) is 0 Å². The van der Waals surface area contributed by atoms with Crippen LogP contribution in [-0.2, 0) is 9.59 Å². The molecule has 1 N–H and O–H groups in total. The second-order valence-corrected chi connectivity index (χ2v) is 12.2. The molecule has 0 spiro atoms. The number of hydrogen-bond acceptors (Lipinski definition) is 3. The maximum Gasteiger partial charge on any atom is 0.137 e. The Morgan fingerprint density at radius 2 is 1.90 bits per heavy atom. The molecule has 4 rings (SSSR count). The minimum Gasteiger partial charge on any atom is -0.393 e. The van der Waals surface area contributed by atoms with Gasteiger partial charge < -0.3 is 5.11 Å². The van der Waals surface area contributed by atoms with Crippen molar-refractivity contribution < 1.29 is 14.7 Å². The molecule has 3 nitrogen and oxygen atoms in total. The summed E-state index contributed by atoms with van der Waals surface area (Å²) in [5, 5.41) is 10.2. The van der Waals surface area contributed by atoms with E-state index in [0.717, 1.165) is 44.9 Å². The first-order valence-electron chi connectivity index (χ1n) is 13.0. The summed E-state index contributed by atoms with van der Waals surface area (Å²) in [6.45, 7) is 11.2. The van der Waals surface area contributed by atoms with Gasteiger partial charge in [-0.2, -0.15) is 0 Å². The Kier molecular flexibility index (Phi) is 6.31. The van der Waals surface area contributed by atoms with Crippen LogP contribution in [0.2, 0.25) is 0 Å². The molecule has 174 valence electrons. The van der Waals surface area contributed by atoms with Crippen LogP contribution >= 0.6 is 0 Å². The molecule has 0 unspecified atom stereocenters. The molecule has 4 aliphatic rings. The summed E-state index contributed by atoms with van der Waals surface area (Å²) in [6, 6.07) is 0. The molecular weight excluding hydrogens is 384 g/mol. The summed E-state index contributed by atoms with van der Waals surface area (Å²) in [6.07, 6.45) is 11.7. The molecule has 0 radical (unpaired) electrons. The van der Waals surface area contributed by atoms with Gasteiger partial charge in [-0.15, -0.1) is 0 Å². The zero-order valence-electron chi connectivity index (χ0n) is 20.5. The van der Waals surface area contributed by atoms with Crippen LogP contribution in [0, 0.1) is 46.3 Å². The summed E-state index contributed by atoms with van der Waals surface area (Å²) in [5.74, 6) is 2.60. The van der Waals surface area contributed by atoms with E-state index < -0.39 is 0 Å². The van der Waals surface area contributed by atoms with Gasteiger partial charge in [-0.1, -0.05) is 52.7 Å². The van der Waals surface area contributed by atoms with Crippen molar-refractivity contribution in [3.05, 3.63) is 11.6 Å². The zero-order chi connectivity index (χ0) is 22.6. The van der Waals surface area contributed by atoms with E-state index in [9.17, 15) is 14.7 Å². The van der Waals surface area contributed by atoms with Gasteiger partial charge in [-0.05, 0) is 79.4 Å². The van der Waals surface area contributed by atoms with E-state index in [-0.39, 0.29) is 28.8 Å². The van der Waals surface area contributed by atoms with E-state index in [0.29, 0.717) is 48.1 Å². The van der Waals surface area contributed by atoms with Gasteiger partial charge in [-0.3, -0.25) is 9.59 Å². The van der Waals surface area contributed by atoms with Gasteiger partial charge in [0.25, 0.3) is 0 Å². The SMILES string of the molecule is CC[C@H](C)CCC(=O)[C@@H](C)[C@H]1C(=O)C[C@H]2[C@@H]3CC=C4C[C@@H](O)CC[C@]4(C)[C@H]3CC[C@]12C. The number of aliphatic hydroxyl groups excluding tert-OH is 1. The molecule has 0 aromatic carbocycles. The van der Waals surface area contributed by atoms with Crippen molar-refractivity contribution in [2.45, 2.75) is 105 Å². The molecular formula is C28H44O3. The first-order chi connectivity index (χ1) is 14.6. The molecule has 0 amide bonds. The normalized spacial score (nSPS) is 44.0. The molecule has 31 heavy (non-hydrogen) atoms. The standard InChI is InChI=1S/C28H44O3/c1-6-17(2)7-10-24(30)18(3)26-25(31)16-23-21-9-8-19-15-20(29)11-13-27(19,4)22(21)12-14-28(23,26)5/h8,17-18,20-23,26,29H,6-7,9-16H2,1-5H3/t17-,18+,20-,21+,22-,23-,26-,27-,28-/m0/s1. The molecule has 4 aliphatic carbocycles. The van der Waals surface area contributed by atoms with Crippen LogP contribution in [0.15, 0.2) is 11.6 Å². The fraction of sp³-hybridized carbons (Fsp3) is 0.857. The second kappa shape index (κ2) is 8.43. The molecule has 0 heterocycles. The molecule has 3 fully saturated rings. The summed E-state index contributed by atoms with van der Waals surface area (Å²) in [7, 11) is 0. The average Bonchev–Trinajstić information content (AvgIpc) is 3.01. The Morgan fingerprint density at radius 1 is 1.16 bits per heavy atom. The van der Waals surface area contributed by atoms with Crippen LogP contribution in [0.1, 0.15) is 98.8 Å². The lowest BCUT2D eigenvalue weighted by atomic mass is 9.47. The summed E-state index contributed by atoms with van der Waals surface area (Å²) in [5.41, 5.74) is 1.65. The second-order valence-electron chi connectivity index (χ2n) is 12.2. The van der Waals surface area contributed by atoms with Gasteiger partial charge in [0, 0.05) is 24.7 Å². The molecule has 0 bridgehead atoms. The van der Waals surface area contributed by atoms with Gasteiger partial charge in [0.15, 0.2) is 0 Å². The highest BCUT2D eigenvalue weighted by atomic mass is 16.3. The number of allylic oxidation sites excluding steroid dienone is 1. The van der Waals surface area contributed by atoms with E-state index in [1.807, 2.05) is 6.92 Å². The molecule has 0 saturated heterocycles. The molecule has 0 aliphatic heterocycles. The number of carbonyl (C=O) groups is 2. The van der Waals surface area contributed by atoms with Gasteiger partial charge in [-0.25, -0.2) is 0 Å². The largest absolute Gasteiger partial charge is 0.393 e. The number of rotatable bonds is 6. The van der Waals surface area contributed by atoms with Crippen LogP contribution < -0.4 is 0 Å². The summed E-state index contributed by atoms with van der Waals surface area (Å²) in [4.78, 5) is 26.4. The van der Waals surface area contributed by atoms with Gasteiger partial charge in [0.2, 0.25) is 0 Å². The molecule has 0 aromatic rings. The summed E-state index contributed by atoms with van der Waals surface area (Å²) < 4.78 is 0. The molecule has 0 aromatic heterocycles. The van der Waals surface area contributed by atoms with Crippen LogP contribution in [-0.4, -0.2) is 22.8 Å². The van der Waals surface area contributed by atoms with Crippen LogP contribution in [0.25, 0.3) is 0 Å². The van der Waals surface area contributed by atoms with E-state index in [2.05, 4.69) is 33.8 Å². The Morgan fingerprint density at radius 3 is 2.61 bits per heavy atom. The van der Waals surface area contributed by atoms with Crippen molar-refractivity contribution in [2.75, 3.05) is 0 Å². The lowest BCUT2D eigenvalue weighted by Gasteiger charge is -2.58. The monoisotopic (exact) mass is 428 g/mol. The van der Waals surface area contributed by atoms with Crippen LogP contribution in [0.4, 0.5) is 0 Å². The number of ketones is 2. The third kappa shape index (κ3) is 3.77. The van der Waals surface area contributed by atoms with Crippen molar-refractivity contribution in [1.29, 1.82) is 0 Å². The Hall–Kier alpha value is -0.960. The summed E-state index contributed by atoms with van der Waals surface area (Å²) >= 11 is 0. The quantitative estimate of drug-likeness (QED) is 0.517. The molecule has 3 saturated carbocycles. The van der Waals surface area contributed by atoms with E-state index in [1.165, 1.54) is 12.0 Å².